The molecular formula is C22H16ClNO2. The van der Waals surface area contributed by atoms with E-state index in [1.165, 1.54) is 0 Å². The van der Waals surface area contributed by atoms with Gasteiger partial charge in [0.2, 0.25) is 0 Å². The number of alkyl halides is 1. The van der Waals surface area contributed by atoms with E-state index in [0.717, 1.165) is 5.56 Å². The highest BCUT2D eigenvalue weighted by molar-refractivity contribution is 6.53. The van der Waals surface area contributed by atoms with E-state index in [9.17, 15) is 9.59 Å². The van der Waals surface area contributed by atoms with Gasteiger partial charge in [-0.2, -0.15) is 0 Å². The number of carbonyl (C=O) groups excluding carboxylic acids is 2. The van der Waals surface area contributed by atoms with E-state index in [1.807, 2.05) is 66.7 Å². The molecule has 0 radical (unpaired) electrons. The molecule has 128 valence electrons. The average molecular weight is 362 g/mol. The fourth-order valence-corrected chi connectivity index (χ4v) is 3.66. The lowest BCUT2D eigenvalue weighted by molar-refractivity contribution is -0.119. The smallest absolute Gasteiger partial charge is 0.261 e. The molecule has 0 saturated heterocycles. The number of amides is 1. The van der Waals surface area contributed by atoms with Crippen molar-refractivity contribution >= 4 is 34.7 Å². The molecule has 0 fully saturated rings. The van der Waals surface area contributed by atoms with Gasteiger partial charge in [0.05, 0.1) is 5.69 Å². The molecule has 1 aliphatic heterocycles. The monoisotopic (exact) mass is 361 g/mol. The van der Waals surface area contributed by atoms with Gasteiger partial charge >= 0.3 is 0 Å². The Labute approximate surface area is 156 Å². The molecule has 3 nitrogen and oxygen atoms in total. The van der Waals surface area contributed by atoms with Gasteiger partial charge in [0.25, 0.3) is 5.91 Å². The zero-order valence-electron chi connectivity index (χ0n) is 13.9. The van der Waals surface area contributed by atoms with Gasteiger partial charge in [-0.1, -0.05) is 72.3 Å². The number of carbonyl (C=O) groups is 2. The zero-order valence-corrected chi connectivity index (χ0v) is 14.7. The Balaban J connectivity index is 1.87. The summed E-state index contributed by atoms with van der Waals surface area (Å²) in [4.78, 5) is 26.4. The van der Waals surface area contributed by atoms with E-state index in [4.69, 9.17) is 11.6 Å². The minimum atomic E-state index is -1.66. The van der Waals surface area contributed by atoms with E-state index in [1.54, 1.807) is 23.1 Å². The van der Waals surface area contributed by atoms with Crippen LogP contribution in [-0.4, -0.2) is 16.6 Å². The summed E-state index contributed by atoms with van der Waals surface area (Å²) >= 11 is 6.74. The normalized spacial score (nSPS) is 19.3. The maximum Gasteiger partial charge on any atom is 0.261 e. The van der Waals surface area contributed by atoms with Crippen molar-refractivity contribution in [2.45, 2.75) is 11.3 Å². The largest absolute Gasteiger partial charge is 0.291 e. The second-order valence-electron chi connectivity index (χ2n) is 6.29. The van der Waals surface area contributed by atoms with Crippen LogP contribution in [0.15, 0.2) is 84.9 Å². The zero-order chi connectivity index (χ0) is 18.1. The van der Waals surface area contributed by atoms with Crippen LogP contribution in [0.4, 0.5) is 11.4 Å². The Morgan fingerprint density at radius 3 is 2.04 bits per heavy atom. The van der Waals surface area contributed by atoms with Crippen LogP contribution in [0.25, 0.3) is 0 Å². The lowest BCUT2D eigenvalue weighted by Crippen LogP contribution is -2.54. The van der Waals surface area contributed by atoms with Crippen molar-refractivity contribution in [2.75, 3.05) is 4.90 Å². The van der Waals surface area contributed by atoms with Gasteiger partial charge < -0.3 is 0 Å². The van der Waals surface area contributed by atoms with Gasteiger partial charge in [-0.05, 0) is 29.8 Å². The number of halogens is 1. The van der Waals surface area contributed by atoms with Gasteiger partial charge in [-0.3, -0.25) is 14.5 Å². The van der Waals surface area contributed by atoms with Gasteiger partial charge in [-0.25, -0.2) is 0 Å². The topological polar surface area (TPSA) is 37.4 Å². The van der Waals surface area contributed by atoms with Crippen LogP contribution in [0.3, 0.4) is 0 Å². The predicted molar refractivity (Wildman–Crippen MR) is 103 cm³/mol. The van der Waals surface area contributed by atoms with Crippen molar-refractivity contribution in [2.24, 2.45) is 0 Å². The summed E-state index contributed by atoms with van der Waals surface area (Å²) in [6, 6.07) is 25.7. The predicted octanol–water partition coefficient (Wildman–Crippen LogP) is 4.77. The number of hydrogen-bond donors (Lipinski definition) is 0. The van der Waals surface area contributed by atoms with Gasteiger partial charge in [0.15, 0.2) is 10.7 Å². The average Bonchev–Trinajstić information content (AvgIpc) is 2.68. The van der Waals surface area contributed by atoms with Crippen molar-refractivity contribution < 1.29 is 9.59 Å². The van der Waals surface area contributed by atoms with Crippen LogP contribution in [-0.2, 0) is 11.2 Å². The number of ketones is 1. The molecule has 0 spiro atoms. The molecule has 3 aromatic rings. The van der Waals surface area contributed by atoms with Crippen LogP contribution in [0.5, 0.6) is 0 Å². The van der Waals surface area contributed by atoms with Gasteiger partial charge in [-0.15, -0.1) is 0 Å². The van der Waals surface area contributed by atoms with Crippen LogP contribution in [0.2, 0.25) is 0 Å². The number of anilines is 2. The molecule has 1 atom stereocenters. The second-order valence-corrected chi connectivity index (χ2v) is 6.93. The minimum absolute atomic E-state index is 0.144. The lowest BCUT2D eigenvalue weighted by Gasteiger charge is -2.37. The minimum Gasteiger partial charge on any atom is -0.291 e. The standard InChI is InChI=1S/C22H16ClNO2/c23-22(15-16-9-3-1-4-10-16)20(25)18-13-7-8-14-19(18)24(21(22)26)17-11-5-2-6-12-17/h1-14H,15H2. The first-order valence-corrected chi connectivity index (χ1v) is 8.75. The maximum absolute atomic E-state index is 13.4. The van der Waals surface area contributed by atoms with Crippen LogP contribution in [0, 0.1) is 0 Å². The fraction of sp³-hybridized carbons (Fsp3) is 0.0909. The van der Waals surface area contributed by atoms with Crippen molar-refractivity contribution in [1.29, 1.82) is 0 Å². The molecule has 1 unspecified atom stereocenters. The first kappa shape index (κ1) is 16.6. The summed E-state index contributed by atoms with van der Waals surface area (Å²) in [6.07, 6.45) is 0.144. The molecule has 1 aliphatic rings. The van der Waals surface area contributed by atoms with E-state index in [0.29, 0.717) is 16.9 Å². The number of rotatable bonds is 3. The third kappa shape index (κ3) is 2.61. The van der Waals surface area contributed by atoms with Gasteiger partial charge in [0, 0.05) is 17.7 Å². The SMILES string of the molecule is O=C1c2ccccc2N(c2ccccc2)C(=O)C1(Cl)Cc1ccccc1. The highest BCUT2D eigenvalue weighted by Crippen LogP contribution is 2.42. The highest BCUT2D eigenvalue weighted by Gasteiger charge is 2.52. The molecule has 26 heavy (non-hydrogen) atoms. The maximum atomic E-state index is 13.4. The molecular weight excluding hydrogens is 346 g/mol. The summed E-state index contributed by atoms with van der Waals surface area (Å²) in [5, 5.41) is 0. The Kier molecular flexibility index (Phi) is 4.09. The summed E-state index contributed by atoms with van der Waals surface area (Å²) in [5.41, 5.74) is 2.56. The number of nitrogens with zero attached hydrogens (tertiary/aromatic N) is 1. The summed E-state index contributed by atoms with van der Waals surface area (Å²) < 4.78 is 0. The molecule has 4 heteroatoms. The summed E-state index contributed by atoms with van der Waals surface area (Å²) in [7, 11) is 0. The van der Waals surface area contributed by atoms with Crippen molar-refractivity contribution in [3.8, 4) is 0 Å². The molecule has 1 heterocycles. The van der Waals surface area contributed by atoms with Crippen molar-refractivity contribution in [1.82, 2.24) is 0 Å². The molecule has 3 aromatic carbocycles. The molecule has 0 aromatic heterocycles. The quantitative estimate of drug-likeness (QED) is 0.498. The number of benzene rings is 3. The molecule has 0 saturated carbocycles. The Bertz CT molecular complexity index is 972. The van der Waals surface area contributed by atoms with E-state index in [2.05, 4.69) is 0 Å². The summed E-state index contributed by atoms with van der Waals surface area (Å²) in [6.45, 7) is 0. The molecule has 0 bridgehead atoms. The van der Waals surface area contributed by atoms with Crippen LogP contribution < -0.4 is 4.90 Å². The van der Waals surface area contributed by atoms with Crippen molar-refractivity contribution in [3.05, 3.63) is 96.1 Å². The molecule has 1 amide bonds. The number of hydrogen-bond acceptors (Lipinski definition) is 2. The Morgan fingerprint density at radius 2 is 1.35 bits per heavy atom. The van der Waals surface area contributed by atoms with Crippen LogP contribution in [0.1, 0.15) is 15.9 Å². The third-order valence-electron chi connectivity index (χ3n) is 4.60. The number of para-hydroxylation sites is 2. The third-order valence-corrected chi connectivity index (χ3v) is 5.06. The fourth-order valence-electron chi connectivity index (χ4n) is 3.32. The molecule has 0 N–H and O–H groups in total. The Hall–Kier alpha value is -2.91. The van der Waals surface area contributed by atoms with Crippen LogP contribution >= 0.6 is 11.6 Å². The van der Waals surface area contributed by atoms with Gasteiger partial charge in [0.1, 0.15) is 0 Å². The number of fused-ring (bicyclic) bond motifs is 1. The second kappa shape index (κ2) is 6.43. The molecule has 0 aliphatic carbocycles. The first-order valence-electron chi connectivity index (χ1n) is 8.37. The van der Waals surface area contributed by atoms with Crippen molar-refractivity contribution in [3.63, 3.8) is 0 Å². The number of Topliss-reactive ketones (excluding diaryl/α,β-unsaturated/α-hetero) is 1. The lowest BCUT2D eigenvalue weighted by atomic mass is 9.84. The highest BCUT2D eigenvalue weighted by atomic mass is 35.5. The van der Waals surface area contributed by atoms with E-state index >= 15 is 0 Å². The van der Waals surface area contributed by atoms with E-state index in [-0.39, 0.29) is 12.2 Å². The Morgan fingerprint density at radius 1 is 0.769 bits per heavy atom. The molecule has 4 rings (SSSR count). The first-order chi connectivity index (χ1) is 12.6. The van der Waals surface area contributed by atoms with E-state index < -0.39 is 10.8 Å². The summed E-state index contributed by atoms with van der Waals surface area (Å²) in [5.74, 6) is -0.770.